The van der Waals surface area contributed by atoms with Crippen molar-refractivity contribution in [2.24, 2.45) is 0 Å². The zero-order valence-corrected chi connectivity index (χ0v) is 11.0. The third-order valence-electron chi connectivity index (χ3n) is 3.06. The number of carbonyl (C=O) groups is 2. The Labute approximate surface area is 111 Å². The van der Waals surface area contributed by atoms with Gasteiger partial charge >= 0.3 is 0 Å². The lowest BCUT2D eigenvalue weighted by Gasteiger charge is -2.13. The summed E-state index contributed by atoms with van der Waals surface area (Å²) in [6.07, 6.45) is 4.20. The van der Waals surface area contributed by atoms with Gasteiger partial charge in [0.05, 0.1) is 0 Å². The lowest BCUT2D eigenvalue weighted by Crippen LogP contribution is -2.45. The van der Waals surface area contributed by atoms with Crippen molar-refractivity contribution in [1.82, 2.24) is 25.8 Å². The SMILES string of the molecule is CCCc1nc(C(=O)NC2CCCCNC2=O)n[nH]1. The number of aromatic amines is 1. The number of hydrogen-bond donors (Lipinski definition) is 3. The van der Waals surface area contributed by atoms with E-state index in [0.29, 0.717) is 18.8 Å². The van der Waals surface area contributed by atoms with Gasteiger partial charge in [0.1, 0.15) is 11.9 Å². The van der Waals surface area contributed by atoms with Crippen molar-refractivity contribution in [2.75, 3.05) is 6.54 Å². The van der Waals surface area contributed by atoms with E-state index in [0.717, 1.165) is 25.7 Å². The Morgan fingerprint density at radius 1 is 1.47 bits per heavy atom. The summed E-state index contributed by atoms with van der Waals surface area (Å²) in [6, 6.07) is -0.483. The molecule has 3 N–H and O–H groups in total. The maximum atomic E-state index is 12.0. The number of nitrogens with zero attached hydrogens (tertiary/aromatic N) is 2. The van der Waals surface area contributed by atoms with Crippen LogP contribution < -0.4 is 10.6 Å². The van der Waals surface area contributed by atoms with E-state index >= 15 is 0 Å². The maximum absolute atomic E-state index is 12.0. The molecule has 2 rings (SSSR count). The molecule has 1 aromatic heterocycles. The molecule has 0 radical (unpaired) electrons. The van der Waals surface area contributed by atoms with Crippen molar-refractivity contribution in [3.63, 3.8) is 0 Å². The highest BCUT2D eigenvalue weighted by Gasteiger charge is 2.24. The topological polar surface area (TPSA) is 99.8 Å². The highest BCUT2D eigenvalue weighted by Crippen LogP contribution is 2.06. The fraction of sp³-hybridized carbons (Fsp3) is 0.667. The minimum atomic E-state index is -0.483. The number of H-pyrrole nitrogens is 1. The fourth-order valence-corrected chi connectivity index (χ4v) is 2.05. The first-order valence-corrected chi connectivity index (χ1v) is 6.70. The van der Waals surface area contributed by atoms with Gasteiger partial charge in [0, 0.05) is 13.0 Å². The van der Waals surface area contributed by atoms with E-state index in [9.17, 15) is 9.59 Å². The van der Waals surface area contributed by atoms with Crippen molar-refractivity contribution in [3.8, 4) is 0 Å². The smallest absolute Gasteiger partial charge is 0.291 e. The van der Waals surface area contributed by atoms with Crippen LogP contribution in [0.1, 0.15) is 49.1 Å². The molecule has 2 amide bonds. The van der Waals surface area contributed by atoms with Crippen LogP contribution in [-0.4, -0.2) is 39.6 Å². The average molecular weight is 265 g/mol. The van der Waals surface area contributed by atoms with Gasteiger partial charge in [-0.25, -0.2) is 4.98 Å². The molecule has 1 saturated heterocycles. The van der Waals surface area contributed by atoms with Gasteiger partial charge in [0.25, 0.3) is 5.91 Å². The second kappa shape index (κ2) is 6.31. The second-order valence-corrected chi connectivity index (χ2v) is 4.67. The summed E-state index contributed by atoms with van der Waals surface area (Å²) < 4.78 is 0. The molecule has 0 aliphatic carbocycles. The summed E-state index contributed by atoms with van der Waals surface area (Å²) in [5.41, 5.74) is 0. The van der Waals surface area contributed by atoms with Gasteiger partial charge < -0.3 is 10.6 Å². The van der Waals surface area contributed by atoms with E-state index in [1.54, 1.807) is 0 Å². The molecule has 7 heteroatoms. The van der Waals surface area contributed by atoms with Crippen LogP contribution in [-0.2, 0) is 11.2 Å². The van der Waals surface area contributed by atoms with Crippen LogP contribution >= 0.6 is 0 Å². The lowest BCUT2D eigenvalue weighted by molar-refractivity contribution is -0.122. The van der Waals surface area contributed by atoms with E-state index in [4.69, 9.17) is 0 Å². The normalized spacial score (nSPS) is 19.6. The summed E-state index contributed by atoms with van der Waals surface area (Å²) in [5, 5.41) is 12.1. The zero-order valence-electron chi connectivity index (χ0n) is 11.0. The Bertz CT molecular complexity index is 457. The molecule has 1 aromatic rings. The number of nitrogens with one attached hydrogen (secondary N) is 3. The second-order valence-electron chi connectivity index (χ2n) is 4.67. The van der Waals surface area contributed by atoms with Crippen LogP contribution in [0.2, 0.25) is 0 Å². The fourth-order valence-electron chi connectivity index (χ4n) is 2.05. The summed E-state index contributed by atoms with van der Waals surface area (Å²) in [7, 11) is 0. The molecule has 1 atom stereocenters. The van der Waals surface area contributed by atoms with Crippen LogP contribution in [0.4, 0.5) is 0 Å². The van der Waals surface area contributed by atoms with Crippen LogP contribution in [0.15, 0.2) is 0 Å². The molecule has 0 bridgehead atoms. The summed E-state index contributed by atoms with van der Waals surface area (Å²) in [4.78, 5) is 27.8. The van der Waals surface area contributed by atoms with Gasteiger partial charge in [0.15, 0.2) is 0 Å². The Morgan fingerprint density at radius 2 is 2.32 bits per heavy atom. The Kier molecular flexibility index (Phi) is 4.48. The van der Waals surface area contributed by atoms with Crippen molar-refractivity contribution >= 4 is 11.8 Å². The predicted octanol–water partition coefficient (Wildman–Crippen LogP) is 0.156. The van der Waals surface area contributed by atoms with Gasteiger partial charge in [-0.15, -0.1) is 5.10 Å². The third kappa shape index (κ3) is 3.52. The number of aromatic nitrogens is 3. The molecule has 1 unspecified atom stereocenters. The van der Waals surface area contributed by atoms with E-state index in [-0.39, 0.29) is 11.7 Å². The number of rotatable bonds is 4. The molecule has 0 saturated carbocycles. The first-order chi connectivity index (χ1) is 9.20. The molecular formula is C12H19N5O2. The average Bonchev–Trinajstić information content (AvgIpc) is 2.77. The molecule has 19 heavy (non-hydrogen) atoms. The van der Waals surface area contributed by atoms with Crippen molar-refractivity contribution < 1.29 is 9.59 Å². The molecule has 1 aliphatic heterocycles. The van der Waals surface area contributed by atoms with E-state index in [1.807, 2.05) is 6.92 Å². The Morgan fingerprint density at radius 3 is 3.11 bits per heavy atom. The largest absolute Gasteiger partial charge is 0.354 e. The van der Waals surface area contributed by atoms with Crippen LogP contribution in [0.3, 0.4) is 0 Å². The minimum absolute atomic E-state index is 0.0977. The van der Waals surface area contributed by atoms with Gasteiger partial charge in [0.2, 0.25) is 11.7 Å². The van der Waals surface area contributed by atoms with E-state index < -0.39 is 11.9 Å². The van der Waals surface area contributed by atoms with Crippen LogP contribution in [0.5, 0.6) is 0 Å². The third-order valence-corrected chi connectivity index (χ3v) is 3.06. The van der Waals surface area contributed by atoms with Crippen molar-refractivity contribution in [2.45, 2.75) is 45.1 Å². The highest BCUT2D eigenvalue weighted by atomic mass is 16.2. The van der Waals surface area contributed by atoms with Crippen molar-refractivity contribution in [1.29, 1.82) is 0 Å². The van der Waals surface area contributed by atoms with Gasteiger partial charge in [-0.2, -0.15) is 0 Å². The zero-order chi connectivity index (χ0) is 13.7. The Hall–Kier alpha value is -1.92. The predicted molar refractivity (Wildman–Crippen MR) is 68.5 cm³/mol. The van der Waals surface area contributed by atoms with Crippen LogP contribution in [0.25, 0.3) is 0 Å². The molecule has 1 fully saturated rings. The molecule has 7 nitrogen and oxygen atoms in total. The van der Waals surface area contributed by atoms with E-state index in [2.05, 4.69) is 25.8 Å². The van der Waals surface area contributed by atoms with Gasteiger partial charge in [-0.1, -0.05) is 6.92 Å². The summed E-state index contributed by atoms with van der Waals surface area (Å²) >= 11 is 0. The van der Waals surface area contributed by atoms with Crippen LogP contribution in [0, 0.1) is 0 Å². The molecular weight excluding hydrogens is 246 g/mol. The van der Waals surface area contributed by atoms with E-state index in [1.165, 1.54) is 0 Å². The summed E-state index contributed by atoms with van der Waals surface area (Å²) in [5.74, 6) is 0.259. The monoisotopic (exact) mass is 265 g/mol. The molecule has 1 aliphatic rings. The van der Waals surface area contributed by atoms with Gasteiger partial charge in [-0.3, -0.25) is 14.7 Å². The minimum Gasteiger partial charge on any atom is -0.354 e. The molecule has 104 valence electrons. The standard InChI is InChI=1S/C12H19N5O2/c1-2-5-9-15-10(17-16-9)12(19)14-8-6-3-4-7-13-11(8)18/h8H,2-7H2,1H3,(H,13,18)(H,14,19)(H,15,16,17). The number of amides is 2. The van der Waals surface area contributed by atoms with Crippen molar-refractivity contribution in [3.05, 3.63) is 11.6 Å². The maximum Gasteiger partial charge on any atom is 0.291 e. The first-order valence-electron chi connectivity index (χ1n) is 6.70. The number of carbonyl (C=O) groups excluding carboxylic acids is 2. The van der Waals surface area contributed by atoms with Gasteiger partial charge in [-0.05, 0) is 25.7 Å². The Balaban J connectivity index is 1.96. The molecule has 0 aromatic carbocycles. The number of aryl methyl sites for hydroxylation is 1. The highest BCUT2D eigenvalue weighted by molar-refractivity contribution is 5.94. The number of hydrogen-bond acceptors (Lipinski definition) is 4. The lowest BCUT2D eigenvalue weighted by atomic mass is 10.1. The molecule has 2 heterocycles. The first kappa shape index (κ1) is 13.5. The summed E-state index contributed by atoms with van der Waals surface area (Å²) in [6.45, 7) is 2.70. The molecule has 0 spiro atoms. The quantitative estimate of drug-likeness (QED) is 0.721.